The van der Waals surface area contributed by atoms with Gasteiger partial charge in [-0.1, -0.05) is 13.8 Å². The van der Waals surface area contributed by atoms with E-state index in [4.69, 9.17) is 4.74 Å². The minimum Gasteiger partial charge on any atom is -0.380 e. The zero-order valence-corrected chi connectivity index (χ0v) is 7.92. The molecule has 0 spiro atoms. The molecule has 62 valence electrons. The Kier molecular flexibility index (Phi) is 1.42. The van der Waals surface area contributed by atoms with Crippen molar-refractivity contribution in [2.24, 2.45) is 17.8 Å². The molecule has 1 saturated carbocycles. The maximum atomic E-state index is 5.93. The van der Waals surface area contributed by atoms with Gasteiger partial charge in [0.1, 0.15) is 7.85 Å². The number of hydrogen-bond acceptors (Lipinski definition) is 1. The van der Waals surface area contributed by atoms with E-state index in [0.29, 0.717) is 6.00 Å². The first-order valence-corrected chi connectivity index (χ1v) is 4.72. The van der Waals surface area contributed by atoms with Gasteiger partial charge < -0.3 is 4.74 Å². The molecule has 1 aliphatic heterocycles. The Morgan fingerprint density at radius 2 is 2.09 bits per heavy atom. The fourth-order valence-electron chi connectivity index (χ4n) is 3.37. The quantitative estimate of drug-likeness (QED) is 0.471. The SMILES string of the molecule is BC1O[C@@]2(C)CC(C)C2C1C. The smallest absolute Gasteiger partial charge is 0.139 e. The molecule has 0 bridgehead atoms. The molecule has 1 aliphatic carbocycles. The highest BCUT2D eigenvalue weighted by atomic mass is 16.5. The van der Waals surface area contributed by atoms with Gasteiger partial charge in [0.15, 0.2) is 0 Å². The van der Waals surface area contributed by atoms with Crippen molar-refractivity contribution in [3.05, 3.63) is 0 Å². The van der Waals surface area contributed by atoms with Crippen LogP contribution in [-0.4, -0.2) is 19.5 Å². The van der Waals surface area contributed by atoms with Crippen LogP contribution in [0.5, 0.6) is 0 Å². The van der Waals surface area contributed by atoms with E-state index in [1.165, 1.54) is 6.42 Å². The zero-order chi connectivity index (χ0) is 8.22. The lowest BCUT2D eigenvalue weighted by Crippen LogP contribution is -2.49. The first kappa shape index (κ1) is 7.66. The summed E-state index contributed by atoms with van der Waals surface area (Å²) in [4.78, 5) is 0. The number of rotatable bonds is 0. The van der Waals surface area contributed by atoms with Crippen LogP contribution in [0.15, 0.2) is 0 Å². The first-order valence-electron chi connectivity index (χ1n) is 4.72. The summed E-state index contributed by atoms with van der Waals surface area (Å²) in [5.74, 6) is 2.49. The Bertz CT molecular complexity index is 182. The summed E-state index contributed by atoms with van der Waals surface area (Å²) < 4.78 is 5.93. The van der Waals surface area contributed by atoms with Crippen LogP contribution >= 0.6 is 0 Å². The third-order valence-electron chi connectivity index (χ3n) is 3.81. The fraction of sp³-hybridized carbons (Fsp3) is 1.00. The summed E-state index contributed by atoms with van der Waals surface area (Å²) in [5, 5.41) is 0. The predicted octanol–water partition coefficient (Wildman–Crippen LogP) is 1.03. The highest BCUT2D eigenvalue weighted by Crippen LogP contribution is 2.56. The van der Waals surface area contributed by atoms with Gasteiger partial charge in [0.05, 0.1) is 5.60 Å². The van der Waals surface area contributed by atoms with Crippen LogP contribution in [-0.2, 0) is 4.74 Å². The van der Waals surface area contributed by atoms with E-state index in [0.717, 1.165) is 17.8 Å². The molecule has 5 atom stereocenters. The summed E-state index contributed by atoms with van der Waals surface area (Å²) in [7, 11) is 2.21. The normalized spacial score (nSPS) is 62.1. The minimum absolute atomic E-state index is 0.248. The van der Waals surface area contributed by atoms with Crippen LogP contribution in [0, 0.1) is 17.8 Å². The van der Waals surface area contributed by atoms with Crippen molar-refractivity contribution in [1.29, 1.82) is 0 Å². The summed E-state index contributed by atoms with van der Waals surface area (Å²) in [6.45, 7) is 6.96. The molecule has 2 heteroatoms. The van der Waals surface area contributed by atoms with Crippen molar-refractivity contribution < 1.29 is 4.74 Å². The lowest BCUT2D eigenvalue weighted by atomic mass is 9.59. The highest BCUT2D eigenvalue weighted by molar-refractivity contribution is 6.11. The van der Waals surface area contributed by atoms with Gasteiger partial charge in [0, 0.05) is 6.00 Å². The Hall–Kier alpha value is 0.0249. The molecule has 2 rings (SSSR count). The number of fused-ring (bicyclic) bond motifs is 1. The van der Waals surface area contributed by atoms with Gasteiger partial charge in [-0.2, -0.15) is 0 Å². The van der Waals surface area contributed by atoms with Crippen molar-refractivity contribution in [2.75, 3.05) is 0 Å². The summed E-state index contributed by atoms with van der Waals surface area (Å²) in [6, 6.07) is 0.481. The van der Waals surface area contributed by atoms with Gasteiger partial charge in [0.25, 0.3) is 0 Å². The third-order valence-corrected chi connectivity index (χ3v) is 3.81. The molecule has 2 aliphatic rings. The van der Waals surface area contributed by atoms with Gasteiger partial charge >= 0.3 is 0 Å². The van der Waals surface area contributed by atoms with E-state index in [1.54, 1.807) is 0 Å². The lowest BCUT2D eigenvalue weighted by Gasteiger charge is -2.48. The van der Waals surface area contributed by atoms with Gasteiger partial charge in [-0.3, -0.25) is 0 Å². The van der Waals surface area contributed by atoms with Crippen molar-refractivity contribution >= 4 is 7.85 Å². The van der Waals surface area contributed by atoms with Crippen molar-refractivity contribution in [2.45, 2.75) is 38.8 Å². The second-order valence-electron chi connectivity index (χ2n) is 4.70. The van der Waals surface area contributed by atoms with Crippen LogP contribution < -0.4 is 0 Å². The lowest BCUT2D eigenvalue weighted by molar-refractivity contribution is -0.107. The molecule has 0 aromatic carbocycles. The molecule has 1 heterocycles. The Labute approximate surface area is 69.9 Å². The average Bonchev–Trinajstić information content (AvgIpc) is 2.00. The van der Waals surface area contributed by atoms with Crippen LogP contribution in [0.25, 0.3) is 0 Å². The topological polar surface area (TPSA) is 9.23 Å². The molecule has 0 radical (unpaired) electrons. The zero-order valence-electron chi connectivity index (χ0n) is 7.92. The number of hydrogen-bond donors (Lipinski definition) is 0. The summed E-state index contributed by atoms with van der Waals surface area (Å²) >= 11 is 0. The Balaban J connectivity index is 2.19. The minimum atomic E-state index is 0.248. The largest absolute Gasteiger partial charge is 0.380 e. The molecule has 1 saturated heterocycles. The predicted molar refractivity (Wildman–Crippen MR) is 48.3 cm³/mol. The molecule has 0 aromatic heterocycles. The standard InChI is InChI=1S/C9H17BO/c1-5-4-9(3)7(5)6(2)8(10)11-9/h5-8H,4,10H2,1-3H3/t5?,6?,7?,8?,9-/m0/s1. The van der Waals surface area contributed by atoms with E-state index < -0.39 is 0 Å². The molecule has 11 heavy (non-hydrogen) atoms. The van der Waals surface area contributed by atoms with E-state index in [1.807, 2.05) is 0 Å². The fourth-order valence-corrected chi connectivity index (χ4v) is 3.37. The van der Waals surface area contributed by atoms with Crippen LogP contribution in [0.3, 0.4) is 0 Å². The maximum absolute atomic E-state index is 5.93. The first-order chi connectivity index (χ1) is 5.04. The number of ether oxygens (including phenoxy) is 1. The molecular weight excluding hydrogens is 135 g/mol. The molecule has 1 nitrogen and oxygen atoms in total. The summed E-state index contributed by atoms with van der Waals surface area (Å²) in [6.07, 6.45) is 1.27. The molecule has 0 aromatic rings. The van der Waals surface area contributed by atoms with Gasteiger partial charge in [-0.15, -0.1) is 0 Å². The average molecular weight is 152 g/mol. The van der Waals surface area contributed by atoms with Gasteiger partial charge in [0.2, 0.25) is 0 Å². The van der Waals surface area contributed by atoms with E-state index >= 15 is 0 Å². The second-order valence-corrected chi connectivity index (χ2v) is 4.70. The van der Waals surface area contributed by atoms with E-state index in [-0.39, 0.29) is 5.60 Å². The molecule has 2 fully saturated rings. The molecular formula is C9H17BO. The molecule has 0 N–H and O–H groups in total. The van der Waals surface area contributed by atoms with Gasteiger partial charge in [-0.25, -0.2) is 0 Å². The van der Waals surface area contributed by atoms with Crippen molar-refractivity contribution in [1.82, 2.24) is 0 Å². The maximum Gasteiger partial charge on any atom is 0.139 e. The Morgan fingerprint density at radius 1 is 1.45 bits per heavy atom. The monoisotopic (exact) mass is 152 g/mol. The van der Waals surface area contributed by atoms with E-state index in [9.17, 15) is 0 Å². The molecule has 4 unspecified atom stereocenters. The molecule has 0 amide bonds. The van der Waals surface area contributed by atoms with Crippen molar-refractivity contribution in [3.63, 3.8) is 0 Å². The van der Waals surface area contributed by atoms with Crippen LogP contribution in [0.2, 0.25) is 0 Å². The highest BCUT2D eigenvalue weighted by Gasteiger charge is 2.58. The third kappa shape index (κ3) is 0.822. The van der Waals surface area contributed by atoms with Crippen molar-refractivity contribution in [3.8, 4) is 0 Å². The summed E-state index contributed by atoms with van der Waals surface area (Å²) in [5.41, 5.74) is 0.248. The van der Waals surface area contributed by atoms with Crippen LogP contribution in [0.4, 0.5) is 0 Å². The van der Waals surface area contributed by atoms with E-state index in [2.05, 4.69) is 28.6 Å². The van der Waals surface area contributed by atoms with Gasteiger partial charge in [-0.05, 0) is 31.1 Å². The second kappa shape index (κ2) is 2.04. The van der Waals surface area contributed by atoms with Crippen LogP contribution in [0.1, 0.15) is 27.2 Å². The Morgan fingerprint density at radius 3 is 2.45 bits per heavy atom.